The van der Waals surface area contributed by atoms with Gasteiger partial charge in [0.15, 0.2) is 0 Å². The second kappa shape index (κ2) is 6.01. The number of nitrogens with one attached hydrogen (secondary N) is 2. The highest BCUT2D eigenvalue weighted by Gasteiger charge is 2.18. The van der Waals surface area contributed by atoms with Gasteiger partial charge in [-0.3, -0.25) is 15.1 Å². The summed E-state index contributed by atoms with van der Waals surface area (Å²) in [5.74, 6) is -0.530. The van der Waals surface area contributed by atoms with Gasteiger partial charge in [-0.1, -0.05) is 12.1 Å². The molecule has 0 fully saturated rings. The van der Waals surface area contributed by atoms with Crippen molar-refractivity contribution in [1.82, 2.24) is 9.97 Å². The fraction of sp³-hybridized carbons (Fsp3) is 0.0625. The Labute approximate surface area is 136 Å². The molecule has 0 aliphatic carbocycles. The zero-order valence-electron chi connectivity index (χ0n) is 12.5. The number of nitrogens with two attached hydrogens (primary N) is 2. The third kappa shape index (κ3) is 2.77. The number of nitrogens with zero attached hydrogens (tertiary/aromatic N) is 1. The van der Waals surface area contributed by atoms with Crippen LogP contribution >= 0.6 is 0 Å². The lowest BCUT2D eigenvalue weighted by atomic mass is 10.1. The van der Waals surface area contributed by atoms with Crippen molar-refractivity contribution in [2.24, 2.45) is 11.5 Å². The Morgan fingerprint density at radius 3 is 2.67 bits per heavy atom. The second-order valence-electron chi connectivity index (χ2n) is 5.20. The van der Waals surface area contributed by atoms with Crippen molar-refractivity contribution < 1.29 is 14.7 Å². The van der Waals surface area contributed by atoms with Gasteiger partial charge in [0.05, 0.1) is 17.9 Å². The molecule has 8 nitrogen and oxygen atoms in total. The van der Waals surface area contributed by atoms with Gasteiger partial charge in [0.2, 0.25) is 0 Å². The van der Waals surface area contributed by atoms with Crippen LogP contribution in [0.2, 0.25) is 0 Å². The number of urea groups is 1. The Morgan fingerprint density at radius 2 is 2.00 bits per heavy atom. The van der Waals surface area contributed by atoms with Crippen molar-refractivity contribution in [2.75, 3.05) is 5.32 Å². The molecule has 0 saturated carbocycles. The summed E-state index contributed by atoms with van der Waals surface area (Å²) in [6.45, 7) is -0.0846. The summed E-state index contributed by atoms with van der Waals surface area (Å²) in [7, 11) is 0. The molecule has 3 amide bonds. The third-order valence-corrected chi connectivity index (χ3v) is 3.60. The lowest BCUT2D eigenvalue weighted by molar-refractivity contribution is 0.100. The lowest BCUT2D eigenvalue weighted by Crippen LogP contribution is -2.22. The topological polar surface area (TPSA) is 147 Å². The van der Waals surface area contributed by atoms with Crippen molar-refractivity contribution in [1.29, 1.82) is 0 Å². The number of rotatable bonds is 4. The van der Waals surface area contributed by atoms with Gasteiger partial charge in [-0.05, 0) is 23.8 Å². The van der Waals surface area contributed by atoms with Crippen LogP contribution in [0.1, 0.15) is 15.9 Å². The number of carbonyl (C=O) groups excluding carboxylic acids is 2. The summed E-state index contributed by atoms with van der Waals surface area (Å²) in [6, 6.07) is 7.94. The Bertz CT molecular complexity index is 948. The average molecular weight is 325 g/mol. The summed E-state index contributed by atoms with van der Waals surface area (Å²) < 4.78 is 0. The molecule has 0 bridgehead atoms. The van der Waals surface area contributed by atoms with Crippen molar-refractivity contribution >= 4 is 28.7 Å². The Morgan fingerprint density at radius 1 is 1.21 bits per heavy atom. The van der Waals surface area contributed by atoms with E-state index in [4.69, 9.17) is 11.5 Å². The number of aliphatic hydroxyl groups excluding tert-OH is 1. The van der Waals surface area contributed by atoms with E-state index in [1.165, 1.54) is 0 Å². The molecule has 24 heavy (non-hydrogen) atoms. The summed E-state index contributed by atoms with van der Waals surface area (Å²) in [4.78, 5) is 30.0. The molecule has 7 N–H and O–H groups in total. The van der Waals surface area contributed by atoms with Gasteiger partial charge >= 0.3 is 6.03 Å². The molecule has 0 unspecified atom stereocenters. The Hall–Kier alpha value is -3.39. The summed E-state index contributed by atoms with van der Waals surface area (Å²) in [5.41, 5.74) is 13.5. The molecule has 2 heterocycles. The molecule has 1 aromatic carbocycles. The lowest BCUT2D eigenvalue weighted by Gasteiger charge is -2.03. The van der Waals surface area contributed by atoms with Gasteiger partial charge in [-0.25, -0.2) is 4.79 Å². The maximum atomic E-state index is 11.7. The second-order valence-corrected chi connectivity index (χ2v) is 5.20. The van der Waals surface area contributed by atoms with Crippen LogP contribution in [0.3, 0.4) is 0 Å². The molecular weight excluding hydrogens is 310 g/mol. The number of aromatic nitrogens is 2. The van der Waals surface area contributed by atoms with E-state index >= 15 is 0 Å². The van der Waals surface area contributed by atoms with Crippen LogP contribution < -0.4 is 16.8 Å². The predicted molar refractivity (Wildman–Crippen MR) is 89.2 cm³/mol. The molecule has 0 aliphatic heterocycles. The standard InChI is InChI=1S/C16H15N5O3/c17-14(23)13-10-2-1-9(11-5-8(7-22)3-4-19-11)6-12(10)20-15(13)21-16(18)24/h1-6,20,22H,7H2,(H2,17,23)(H3,18,21,24). The highest BCUT2D eigenvalue weighted by molar-refractivity contribution is 6.13. The molecule has 0 radical (unpaired) electrons. The van der Waals surface area contributed by atoms with Crippen molar-refractivity contribution in [3.63, 3.8) is 0 Å². The van der Waals surface area contributed by atoms with E-state index in [2.05, 4.69) is 15.3 Å². The zero-order valence-corrected chi connectivity index (χ0v) is 12.5. The molecule has 0 saturated heterocycles. The van der Waals surface area contributed by atoms with Gasteiger partial charge in [0.25, 0.3) is 5.91 Å². The van der Waals surface area contributed by atoms with Crippen LogP contribution in [0.5, 0.6) is 0 Å². The predicted octanol–water partition coefficient (Wildman–Crippen LogP) is 1.31. The summed E-state index contributed by atoms with van der Waals surface area (Å²) in [5, 5.41) is 12.1. The smallest absolute Gasteiger partial charge is 0.317 e. The minimum absolute atomic E-state index is 0.0846. The number of pyridine rings is 1. The van der Waals surface area contributed by atoms with Gasteiger partial charge in [-0.2, -0.15) is 0 Å². The maximum Gasteiger partial charge on any atom is 0.317 e. The molecular formula is C16H15N5O3. The normalized spacial score (nSPS) is 10.7. The SMILES string of the molecule is NC(=O)Nc1[nH]c2cc(-c3cc(CO)ccn3)ccc2c1C(N)=O. The van der Waals surface area contributed by atoms with Gasteiger partial charge < -0.3 is 21.6 Å². The molecule has 3 rings (SSSR count). The number of anilines is 1. The van der Waals surface area contributed by atoms with Crippen LogP contribution in [0.25, 0.3) is 22.2 Å². The quantitative estimate of drug-likeness (QED) is 0.492. The number of carbonyl (C=O) groups is 2. The molecule has 0 spiro atoms. The van der Waals surface area contributed by atoms with Gasteiger partial charge in [0.1, 0.15) is 5.82 Å². The first-order valence-corrected chi connectivity index (χ1v) is 7.07. The minimum Gasteiger partial charge on any atom is -0.392 e. The van der Waals surface area contributed by atoms with E-state index < -0.39 is 11.9 Å². The fourth-order valence-electron chi connectivity index (χ4n) is 2.56. The van der Waals surface area contributed by atoms with Crippen LogP contribution in [-0.4, -0.2) is 27.0 Å². The first-order valence-electron chi connectivity index (χ1n) is 7.07. The first kappa shape index (κ1) is 15.5. The maximum absolute atomic E-state index is 11.7. The number of hydrogen-bond donors (Lipinski definition) is 5. The highest BCUT2D eigenvalue weighted by Crippen LogP contribution is 2.29. The first-order chi connectivity index (χ1) is 11.5. The zero-order chi connectivity index (χ0) is 17.3. The summed E-state index contributed by atoms with van der Waals surface area (Å²) >= 11 is 0. The van der Waals surface area contributed by atoms with Gasteiger partial charge in [-0.15, -0.1) is 0 Å². The van der Waals surface area contributed by atoms with E-state index in [1.54, 1.807) is 36.5 Å². The van der Waals surface area contributed by atoms with E-state index in [1.807, 2.05) is 0 Å². The largest absolute Gasteiger partial charge is 0.392 e. The van der Waals surface area contributed by atoms with E-state index in [0.717, 1.165) is 11.1 Å². The highest BCUT2D eigenvalue weighted by atomic mass is 16.3. The number of hydrogen-bond acceptors (Lipinski definition) is 4. The monoisotopic (exact) mass is 325 g/mol. The van der Waals surface area contributed by atoms with E-state index in [0.29, 0.717) is 16.6 Å². The number of primary amides is 2. The Balaban J connectivity index is 2.14. The number of H-pyrrole nitrogens is 1. The molecule has 0 atom stereocenters. The Kier molecular flexibility index (Phi) is 3.88. The fourth-order valence-corrected chi connectivity index (χ4v) is 2.56. The van der Waals surface area contributed by atoms with Gasteiger partial charge in [0, 0.05) is 22.7 Å². The number of aliphatic hydroxyl groups is 1. The van der Waals surface area contributed by atoms with E-state index in [-0.39, 0.29) is 18.0 Å². The summed E-state index contributed by atoms with van der Waals surface area (Å²) in [6.07, 6.45) is 1.61. The number of amides is 3. The molecule has 0 aliphatic rings. The van der Waals surface area contributed by atoms with E-state index in [9.17, 15) is 14.7 Å². The molecule has 3 aromatic rings. The van der Waals surface area contributed by atoms with Crippen LogP contribution in [0.4, 0.5) is 10.6 Å². The number of fused-ring (bicyclic) bond motifs is 1. The van der Waals surface area contributed by atoms with Crippen LogP contribution in [0.15, 0.2) is 36.5 Å². The van der Waals surface area contributed by atoms with Crippen molar-refractivity contribution in [3.05, 3.63) is 47.7 Å². The van der Waals surface area contributed by atoms with Crippen LogP contribution in [0, 0.1) is 0 Å². The van der Waals surface area contributed by atoms with Crippen LogP contribution in [-0.2, 0) is 6.61 Å². The third-order valence-electron chi connectivity index (χ3n) is 3.60. The van der Waals surface area contributed by atoms with Crippen molar-refractivity contribution in [3.8, 4) is 11.3 Å². The molecule has 8 heteroatoms. The molecule has 2 aromatic heterocycles. The van der Waals surface area contributed by atoms with Crippen molar-refractivity contribution in [2.45, 2.75) is 6.61 Å². The molecule has 122 valence electrons. The average Bonchev–Trinajstić information content (AvgIpc) is 2.91. The number of aromatic amines is 1. The number of benzene rings is 1. The minimum atomic E-state index is -0.804.